The highest BCUT2D eigenvalue weighted by Gasteiger charge is 2.11. The molecule has 0 bridgehead atoms. The van der Waals surface area contributed by atoms with Crippen LogP contribution in [0.25, 0.3) is 10.2 Å². The molecule has 0 aliphatic carbocycles. The Labute approximate surface area is 105 Å². The third-order valence-electron chi connectivity index (χ3n) is 2.06. The van der Waals surface area contributed by atoms with Crippen molar-refractivity contribution in [3.63, 3.8) is 0 Å². The minimum absolute atomic E-state index is 0.144. The molecule has 0 N–H and O–H groups in total. The molecule has 0 spiro atoms. The predicted octanol–water partition coefficient (Wildman–Crippen LogP) is 3.87. The molecular formula is C13H17NO2S. The minimum Gasteiger partial charge on any atom is -0.489 e. The quantitative estimate of drug-likeness (QED) is 0.826. The molecule has 1 heterocycles. The van der Waals surface area contributed by atoms with E-state index in [1.165, 1.54) is 0 Å². The minimum atomic E-state index is 0.144. The molecule has 0 saturated heterocycles. The molecule has 1 aromatic carbocycles. The number of aromatic nitrogens is 1. The van der Waals surface area contributed by atoms with E-state index in [0.717, 1.165) is 16.0 Å². The van der Waals surface area contributed by atoms with Gasteiger partial charge in [-0.05, 0) is 39.8 Å². The van der Waals surface area contributed by atoms with Crippen molar-refractivity contribution in [2.45, 2.75) is 39.9 Å². The fraction of sp³-hybridized carbons (Fsp3) is 0.462. The van der Waals surface area contributed by atoms with Crippen molar-refractivity contribution in [1.82, 2.24) is 4.98 Å². The fourth-order valence-electron chi connectivity index (χ4n) is 1.50. The van der Waals surface area contributed by atoms with E-state index in [0.29, 0.717) is 5.19 Å². The fourth-order valence-corrected chi connectivity index (χ4v) is 2.46. The SMILES string of the molecule is CC(C)Oc1nc2c(OC(C)C)cccc2s1. The van der Waals surface area contributed by atoms with Crippen LogP contribution in [-0.4, -0.2) is 17.2 Å². The van der Waals surface area contributed by atoms with Gasteiger partial charge in [0.15, 0.2) is 0 Å². The number of hydrogen-bond acceptors (Lipinski definition) is 4. The molecule has 0 aliphatic rings. The van der Waals surface area contributed by atoms with Gasteiger partial charge >= 0.3 is 0 Å². The average molecular weight is 251 g/mol. The molecule has 0 amide bonds. The number of benzene rings is 1. The highest BCUT2D eigenvalue weighted by atomic mass is 32.1. The maximum absolute atomic E-state index is 5.73. The molecule has 3 nitrogen and oxygen atoms in total. The highest BCUT2D eigenvalue weighted by molar-refractivity contribution is 7.20. The van der Waals surface area contributed by atoms with Gasteiger partial charge in [-0.2, -0.15) is 4.98 Å². The molecule has 17 heavy (non-hydrogen) atoms. The van der Waals surface area contributed by atoms with Crippen LogP contribution < -0.4 is 9.47 Å². The van der Waals surface area contributed by atoms with Crippen LogP contribution in [0.2, 0.25) is 0 Å². The van der Waals surface area contributed by atoms with Gasteiger partial charge in [0.05, 0.1) is 16.9 Å². The zero-order valence-electron chi connectivity index (χ0n) is 10.6. The maximum Gasteiger partial charge on any atom is 0.274 e. The summed E-state index contributed by atoms with van der Waals surface area (Å²) in [5.74, 6) is 0.826. The van der Waals surface area contributed by atoms with Gasteiger partial charge in [-0.1, -0.05) is 17.4 Å². The topological polar surface area (TPSA) is 31.4 Å². The van der Waals surface area contributed by atoms with E-state index in [9.17, 15) is 0 Å². The zero-order valence-corrected chi connectivity index (χ0v) is 11.4. The first-order valence-electron chi connectivity index (χ1n) is 5.79. The first-order valence-corrected chi connectivity index (χ1v) is 6.61. The lowest BCUT2D eigenvalue weighted by Crippen LogP contribution is -2.06. The summed E-state index contributed by atoms with van der Waals surface area (Å²) in [4.78, 5) is 4.48. The van der Waals surface area contributed by atoms with Crippen molar-refractivity contribution in [2.75, 3.05) is 0 Å². The summed E-state index contributed by atoms with van der Waals surface area (Å²) in [5, 5.41) is 0.704. The number of hydrogen-bond donors (Lipinski definition) is 0. The lowest BCUT2D eigenvalue weighted by atomic mass is 10.3. The van der Waals surface area contributed by atoms with E-state index in [1.807, 2.05) is 45.9 Å². The lowest BCUT2D eigenvalue weighted by Gasteiger charge is -2.09. The van der Waals surface area contributed by atoms with Gasteiger partial charge in [0.25, 0.3) is 5.19 Å². The molecule has 0 fully saturated rings. The van der Waals surface area contributed by atoms with Gasteiger partial charge in [-0.3, -0.25) is 0 Å². The van der Waals surface area contributed by atoms with E-state index in [-0.39, 0.29) is 12.2 Å². The second-order valence-corrected chi connectivity index (χ2v) is 5.41. The normalized spacial score (nSPS) is 11.4. The van der Waals surface area contributed by atoms with Gasteiger partial charge in [-0.15, -0.1) is 0 Å². The van der Waals surface area contributed by atoms with Crippen molar-refractivity contribution in [3.05, 3.63) is 18.2 Å². The Hall–Kier alpha value is -1.29. The smallest absolute Gasteiger partial charge is 0.274 e. The van der Waals surface area contributed by atoms with Crippen LogP contribution >= 0.6 is 11.3 Å². The van der Waals surface area contributed by atoms with Gasteiger partial charge < -0.3 is 9.47 Å². The van der Waals surface area contributed by atoms with Crippen LogP contribution in [0.5, 0.6) is 10.9 Å². The third-order valence-corrected chi connectivity index (χ3v) is 2.97. The number of fused-ring (bicyclic) bond motifs is 1. The number of rotatable bonds is 4. The van der Waals surface area contributed by atoms with Gasteiger partial charge in [0.2, 0.25) is 0 Å². The Bertz CT molecular complexity index is 505. The summed E-state index contributed by atoms with van der Waals surface area (Å²) in [6.07, 6.45) is 0.293. The Kier molecular flexibility index (Phi) is 3.52. The van der Waals surface area contributed by atoms with Crippen LogP contribution in [0.15, 0.2) is 18.2 Å². The molecule has 92 valence electrons. The van der Waals surface area contributed by atoms with Gasteiger partial charge in [0.1, 0.15) is 11.3 Å². The number of para-hydroxylation sites is 1. The molecule has 1 aromatic heterocycles. The Balaban J connectivity index is 2.38. The first-order chi connectivity index (χ1) is 8.06. The molecule has 0 unspecified atom stereocenters. The Morgan fingerprint density at radius 2 is 1.76 bits per heavy atom. The second kappa shape index (κ2) is 4.92. The summed E-state index contributed by atoms with van der Waals surface area (Å²) in [6.45, 7) is 8.02. The molecule has 2 rings (SSSR count). The predicted molar refractivity (Wildman–Crippen MR) is 71.1 cm³/mol. The zero-order chi connectivity index (χ0) is 12.4. The van der Waals surface area contributed by atoms with Crippen molar-refractivity contribution >= 4 is 21.6 Å². The molecular weight excluding hydrogens is 234 g/mol. The van der Waals surface area contributed by atoms with Crippen LogP contribution in [0.1, 0.15) is 27.7 Å². The molecule has 2 aromatic rings. The maximum atomic E-state index is 5.73. The lowest BCUT2D eigenvalue weighted by molar-refractivity contribution is 0.238. The standard InChI is InChI=1S/C13H17NO2S/c1-8(2)15-10-6-5-7-11-12(10)14-13(17-11)16-9(3)4/h5-9H,1-4H3. The first kappa shape index (κ1) is 12.2. The summed E-state index contributed by atoms with van der Waals surface area (Å²) in [7, 11) is 0. The summed E-state index contributed by atoms with van der Waals surface area (Å²) in [6, 6.07) is 5.96. The van der Waals surface area contributed by atoms with E-state index in [1.54, 1.807) is 11.3 Å². The van der Waals surface area contributed by atoms with Crippen molar-refractivity contribution < 1.29 is 9.47 Å². The third kappa shape index (κ3) is 2.88. The number of ether oxygens (including phenoxy) is 2. The molecule has 4 heteroatoms. The number of nitrogens with zero attached hydrogens (tertiary/aromatic N) is 1. The number of thiazole rings is 1. The highest BCUT2D eigenvalue weighted by Crippen LogP contribution is 2.34. The largest absolute Gasteiger partial charge is 0.489 e. The molecule has 0 aliphatic heterocycles. The van der Waals surface area contributed by atoms with Crippen molar-refractivity contribution in [1.29, 1.82) is 0 Å². The van der Waals surface area contributed by atoms with E-state index in [2.05, 4.69) is 4.98 Å². The van der Waals surface area contributed by atoms with E-state index >= 15 is 0 Å². The molecule has 0 saturated carbocycles. The Morgan fingerprint density at radius 1 is 1.06 bits per heavy atom. The Morgan fingerprint density at radius 3 is 2.41 bits per heavy atom. The van der Waals surface area contributed by atoms with Crippen molar-refractivity contribution in [2.24, 2.45) is 0 Å². The summed E-state index contributed by atoms with van der Waals surface area (Å²) in [5.41, 5.74) is 0.891. The van der Waals surface area contributed by atoms with Gasteiger partial charge in [-0.25, -0.2) is 0 Å². The van der Waals surface area contributed by atoms with Gasteiger partial charge in [0, 0.05) is 0 Å². The summed E-state index contributed by atoms with van der Waals surface area (Å²) < 4.78 is 12.4. The average Bonchev–Trinajstić information content (AvgIpc) is 2.59. The van der Waals surface area contributed by atoms with E-state index < -0.39 is 0 Å². The molecule has 0 radical (unpaired) electrons. The molecule has 0 atom stereocenters. The summed E-state index contributed by atoms with van der Waals surface area (Å²) >= 11 is 1.55. The second-order valence-electron chi connectivity index (χ2n) is 4.42. The van der Waals surface area contributed by atoms with Crippen LogP contribution in [-0.2, 0) is 0 Å². The van der Waals surface area contributed by atoms with Crippen LogP contribution in [0.3, 0.4) is 0 Å². The van der Waals surface area contributed by atoms with Crippen molar-refractivity contribution in [3.8, 4) is 10.9 Å². The monoisotopic (exact) mass is 251 g/mol. The van der Waals surface area contributed by atoms with Crippen LogP contribution in [0, 0.1) is 0 Å². The van der Waals surface area contributed by atoms with E-state index in [4.69, 9.17) is 9.47 Å². The van der Waals surface area contributed by atoms with Crippen LogP contribution in [0.4, 0.5) is 0 Å².